The Bertz CT molecular complexity index is 647. The van der Waals surface area contributed by atoms with Crippen LogP contribution in [0.2, 0.25) is 15.1 Å². The van der Waals surface area contributed by atoms with Crippen molar-refractivity contribution < 1.29 is 4.79 Å². The van der Waals surface area contributed by atoms with E-state index in [9.17, 15) is 4.79 Å². The first-order chi connectivity index (χ1) is 10.1. The van der Waals surface area contributed by atoms with Crippen molar-refractivity contribution in [2.45, 2.75) is 6.42 Å². The van der Waals surface area contributed by atoms with Crippen LogP contribution in [0.4, 0.5) is 11.4 Å². The van der Waals surface area contributed by atoms with Gasteiger partial charge in [-0.2, -0.15) is 0 Å². The fourth-order valence-corrected chi connectivity index (χ4v) is 2.30. The van der Waals surface area contributed by atoms with Crippen LogP contribution in [-0.4, -0.2) is 12.5 Å². The molecule has 0 aromatic heterocycles. The van der Waals surface area contributed by atoms with Crippen LogP contribution < -0.4 is 10.6 Å². The lowest BCUT2D eigenvalue weighted by Gasteiger charge is -2.09. The number of hydrogen-bond acceptors (Lipinski definition) is 2. The summed E-state index contributed by atoms with van der Waals surface area (Å²) in [6.07, 6.45) is 0.301. The average Bonchev–Trinajstić information content (AvgIpc) is 2.43. The summed E-state index contributed by atoms with van der Waals surface area (Å²) < 4.78 is 0. The highest BCUT2D eigenvalue weighted by atomic mass is 35.5. The summed E-state index contributed by atoms with van der Waals surface area (Å²) in [6, 6.07) is 12.3. The topological polar surface area (TPSA) is 41.1 Å². The number of benzene rings is 2. The highest BCUT2D eigenvalue weighted by Crippen LogP contribution is 2.29. The van der Waals surface area contributed by atoms with Crippen molar-refractivity contribution in [2.24, 2.45) is 0 Å². The van der Waals surface area contributed by atoms with Crippen LogP contribution in [0.3, 0.4) is 0 Å². The molecule has 0 fully saturated rings. The maximum absolute atomic E-state index is 11.8. The van der Waals surface area contributed by atoms with Gasteiger partial charge in [0.25, 0.3) is 0 Å². The lowest BCUT2D eigenvalue weighted by Crippen LogP contribution is -2.16. The van der Waals surface area contributed by atoms with Crippen molar-refractivity contribution in [1.29, 1.82) is 0 Å². The van der Waals surface area contributed by atoms with Crippen molar-refractivity contribution in [1.82, 2.24) is 0 Å². The Labute approximate surface area is 138 Å². The molecular formula is C15H13Cl3N2O. The first-order valence-electron chi connectivity index (χ1n) is 6.29. The molecule has 0 unspecified atom stereocenters. The van der Waals surface area contributed by atoms with Gasteiger partial charge in [-0.1, -0.05) is 46.9 Å². The number of halogens is 3. The van der Waals surface area contributed by atoms with Gasteiger partial charge < -0.3 is 10.6 Å². The maximum Gasteiger partial charge on any atom is 0.226 e. The molecule has 0 aliphatic heterocycles. The molecule has 2 aromatic rings. The number of rotatable bonds is 5. The fraction of sp³-hybridized carbons (Fsp3) is 0.133. The van der Waals surface area contributed by atoms with Crippen LogP contribution in [0.15, 0.2) is 42.5 Å². The molecule has 0 saturated heterocycles. The number of carbonyl (C=O) groups excluding carboxylic acids is 1. The molecule has 2 N–H and O–H groups in total. The smallest absolute Gasteiger partial charge is 0.226 e. The van der Waals surface area contributed by atoms with Crippen LogP contribution in [0.25, 0.3) is 0 Å². The zero-order chi connectivity index (χ0) is 15.2. The molecule has 2 aromatic carbocycles. The van der Waals surface area contributed by atoms with E-state index in [1.54, 1.807) is 36.4 Å². The quantitative estimate of drug-likeness (QED) is 0.794. The highest BCUT2D eigenvalue weighted by Gasteiger charge is 2.06. The number of nitrogens with one attached hydrogen (secondary N) is 2. The summed E-state index contributed by atoms with van der Waals surface area (Å²) in [7, 11) is 0. The van der Waals surface area contributed by atoms with Crippen LogP contribution >= 0.6 is 34.8 Å². The zero-order valence-corrected chi connectivity index (χ0v) is 13.3. The Kier molecular flexibility index (Phi) is 5.74. The van der Waals surface area contributed by atoms with E-state index in [4.69, 9.17) is 34.8 Å². The van der Waals surface area contributed by atoms with Crippen molar-refractivity contribution >= 4 is 52.1 Å². The van der Waals surface area contributed by atoms with Crippen molar-refractivity contribution in [2.75, 3.05) is 17.2 Å². The second-order valence-corrected chi connectivity index (χ2v) is 5.56. The van der Waals surface area contributed by atoms with Gasteiger partial charge in [-0.25, -0.2) is 0 Å². The second kappa shape index (κ2) is 7.55. The Hall–Kier alpha value is -1.42. The van der Waals surface area contributed by atoms with Crippen molar-refractivity contribution in [3.8, 4) is 0 Å². The molecule has 0 aliphatic rings. The fourth-order valence-electron chi connectivity index (χ4n) is 1.74. The van der Waals surface area contributed by atoms with Gasteiger partial charge in [-0.3, -0.25) is 4.79 Å². The van der Waals surface area contributed by atoms with E-state index in [-0.39, 0.29) is 5.91 Å². The van der Waals surface area contributed by atoms with E-state index >= 15 is 0 Å². The number of anilines is 2. The Morgan fingerprint density at radius 2 is 1.81 bits per heavy atom. The molecule has 2 rings (SSSR count). The molecule has 21 heavy (non-hydrogen) atoms. The summed E-state index contributed by atoms with van der Waals surface area (Å²) in [4.78, 5) is 11.8. The van der Waals surface area contributed by atoms with Crippen LogP contribution in [0.1, 0.15) is 6.42 Å². The molecule has 0 heterocycles. The second-order valence-electron chi connectivity index (χ2n) is 4.34. The van der Waals surface area contributed by atoms with Gasteiger partial charge in [0.1, 0.15) is 0 Å². The third kappa shape index (κ3) is 4.81. The minimum atomic E-state index is -0.108. The number of amides is 1. The molecule has 1 amide bonds. The minimum Gasteiger partial charge on any atom is -0.383 e. The molecule has 3 nitrogen and oxygen atoms in total. The van der Waals surface area contributed by atoms with E-state index in [1.807, 2.05) is 6.07 Å². The van der Waals surface area contributed by atoms with E-state index in [0.29, 0.717) is 39.4 Å². The molecule has 110 valence electrons. The molecular weight excluding hydrogens is 331 g/mol. The van der Waals surface area contributed by atoms with E-state index in [0.717, 1.165) is 0 Å². The third-order valence-electron chi connectivity index (χ3n) is 2.73. The predicted molar refractivity (Wildman–Crippen MR) is 89.7 cm³/mol. The van der Waals surface area contributed by atoms with E-state index < -0.39 is 0 Å². The molecule has 0 spiro atoms. The standard InChI is InChI=1S/C15H13Cl3N2O/c16-10-3-1-4-11(9-10)20-14(21)7-8-19-13-6-2-5-12(17)15(13)18/h1-6,9,19H,7-8H2,(H,20,21). The first kappa shape index (κ1) is 16.0. The summed E-state index contributed by atoms with van der Waals surface area (Å²) in [5, 5.41) is 7.36. The molecule has 0 radical (unpaired) electrons. The maximum atomic E-state index is 11.8. The largest absolute Gasteiger partial charge is 0.383 e. The summed E-state index contributed by atoms with van der Waals surface area (Å²) in [6.45, 7) is 0.451. The minimum absolute atomic E-state index is 0.108. The lowest BCUT2D eigenvalue weighted by atomic mass is 10.3. The molecule has 0 aliphatic carbocycles. The van der Waals surface area contributed by atoms with Gasteiger partial charge >= 0.3 is 0 Å². The van der Waals surface area contributed by atoms with Crippen LogP contribution in [0, 0.1) is 0 Å². The van der Waals surface area contributed by atoms with Gasteiger partial charge in [0.15, 0.2) is 0 Å². The first-order valence-corrected chi connectivity index (χ1v) is 7.43. The Morgan fingerprint density at radius 1 is 1.05 bits per heavy atom. The van der Waals surface area contributed by atoms with E-state index in [1.165, 1.54) is 0 Å². The monoisotopic (exact) mass is 342 g/mol. The van der Waals surface area contributed by atoms with Gasteiger partial charge in [0.05, 0.1) is 15.7 Å². The van der Waals surface area contributed by atoms with Gasteiger partial charge in [0, 0.05) is 23.7 Å². The summed E-state index contributed by atoms with van der Waals surface area (Å²) >= 11 is 17.8. The lowest BCUT2D eigenvalue weighted by molar-refractivity contribution is -0.115. The highest BCUT2D eigenvalue weighted by molar-refractivity contribution is 6.43. The predicted octanol–water partition coefficient (Wildman–Crippen LogP) is 5.09. The SMILES string of the molecule is O=C(CCNc1cccc(Cl)c1Cl)Nc1cccc(Cl)c1. The molecule has 6 heteroatoms. The van der Waals surface area contributed by atoms with Crippen molar-refractivity contribution in [3.05, 3.63) is 57.5 Å². The number of carbonyl (C=O) groups is 1. The molecule has 0 atom stereocenters. The van der Waals surface area contributed by atoms with Crippen LogP contribution in [-0.2, 0) is 4.79 Å². The zero-order valence-electron chi connectivity index (χ0n) is 11.0. The summed E-state index contributed by atoms with van der Waals surface area (Å²) in [5.74, 6) is -0.108. The third-order valence-corrected chi connectivity index (χ3v) is 3.78. The molecule has 0 bridgehead atoms. The normalized spacial score (nSPS) is 10.2. The van der Waals surface area contributed by atoms with Gasteiger partial charge in [-0.05, 0) is 30.3 Å². The van der Waals surface area contributed by atoms with Gasteiger partial charge in [-0.15, -0.1) is 0 Å². The molecule has 0 saturated carbocycles. The summed E-state index contributed by atoms with van der Waals surface area (Å²) in [5.41, 5.74) is 1.38. The average molecular weight is 344 g/mol. The number of hydrogen-bond donors (Lipinski definition) is 2. The Morgan fingerprint density at radius 3 is 2.57 bits per heavy atom. The van der Waals surface area contributed by atoms with Crippen LogP contribution in [0.5, 0.6) is 0 Å². The van der Waals surface area contributed by atoms with Crippen molar-refractivity contribution in [3.63, 3.8) is 0 Å². The Balaban J connectivity index is 1.83. The van der Waals surface area contributed by atoms with Gasteiger partial charge in [0.2, 0.25) is 5.91 Å². The van der Waals surface area contributed by atoms with E-state index in [2.05, 4.69) is 10.6 Å².